The monoisotopic (exact) mass is 360 g/mol. The molecule has 0 aliphatic carbocycles. The normalized spacial score (nSPS) is 10.4. The van der Waals surface area contributed by atoms with Gasteiger partial charge in [-0.15, -0.1) is 0 Å². The first kappa shape index (κ1) is 19.6. The van der Waals surface area contributed by atoms with Crippen LogP contribution in [0.1, 0.15) is 29.3 Å². The summed E-state index contributed by atoms with van der Waals surface area (Å²) in [5.74, 6) is -2.64. The van der Waals surface area contributed by atoms with Crippen LogP contribution in [0.15, 0.2) is 48.5 Å². The molecule has 0 aliphatic rings. The summed E-state index contributed by atoms with van der Waals surface area (Å²) in [4.78, 5) is 25.4. The van der Waals surface area contributed by atoms with Gasteiger partial charge in [-0.25, -0.2) is 8.78 Å². The van der Waals surface area contributed by atoms with Crippen LogP contribution < -0.4 is 5.32 Å². The van der Waals surface area contributed by atoms with Gasteiger partial charge in [0.1, 0.15) is 0 Å². The largest absolute Gasteiger partial charge is 0.350 e. The second-order valence-corrected chi connectivity index (χ2v) is 5.98. The first-order chi connectivity index (χ1) is 12.5. The smallest absolute Gasteiger partial charge is 0.251 e. The van der Waals surface area contributed by atoms with Crippen molar-refractivity contribution < 1.29 is 18.4 Å². The van der Waals surface area contributed by atoms with E-state index in [1.165, 1.54) is 18.6 Å². The van der Waals surface area contributed by atoms with Gasteiger partial charge in [-0.2, -0.15) is 0 Å². The predicted octanol–water partition coefficient (Wildman–Crippen LogP) is 3.18. The lowest BCUT2D eigenvalue weighted by atomic mass is 10.1. The Labute approximate surface area is 151 Å². The molecule has 0 saturated carbocycles. The molecule has 0 spiro atoms. The molecule has 0 aliphatic heterocycles. The third-order valence-electron chi connectivity index (χ3n) is 4.03. The Morgan fingerprint density at radius 1 is 1.00 bits per heavy atom. The molecule has 0 radical (unpaired) electrons. The van der Waals surface area contributed by atoms with Gasteiger partial charge in [0.15, 0.2) is 11.6 Å². The summed E-state index contributed by atoms with van der Waals surface area (Å²) < 4.78 is 26.1. The average Bonchev–Trinajstić information content (AvgIpc) is 2.63. The molecule has 26 heavy (non-hydrogen) atoms. The van der Waals surface area contributed by atoms with Crippen molar-refractivity contribution in [2.45, 2.75) is 19.8 Å². The van der Waals surface area contributed by atoms with Crippen LogP contribution in [-0.4, -0.2) is 36.3 Å². The molecular formula is C20H22F2N2O2. The standard InChI is InChI=1S/C20H22F2N2O2/c1-15(25)24(12-5-8-16-6-3-2-4-7-16)13-11-23-20(26)17-9-10-18(21)19(22)14-17/h2-4,6-7,9-10,14H,5,8,11-13H2,1H3,(H,23,26). The molecule has 0 bridgehead atoms. The molecule has 0 unspecified atom stereocenters. The van der Waals surface area contributed by atoms with Crippen LogP contribution in [0.25, 0.3) is 0 Å². The highest BCUT2D eigenvalue weighted by molar-refractivity contribution is 5.94. The van der Waals surface area contributed by atoms with E-state index in [1.807, 2.05) is 30.3 Å². The summed E-state index contributed by atoms with van der Waals surface area (Å²) >= 11 is 0. The van der Waals surface area contributed by atoms with E-state index < -0.39 is 17.5 Å². The van der Waals surface area contributed by atoms with E-state index in [-0.39, 0.29) is 18.0 Å². The highest BCUT2D eigenvalue weighted by atomic mass is 19.2. The van der Waals surface area contributed by atoms with Crippen molar-refractivity contribution in [1.29, 1.82) is 0 Å². The van der Waals surface area contributed by atoms with E-state index in [9.17, 15) is 18.4 Å². The minimum absolute atomic E-state index is 0.0438. The van der Waals surface area contributed by atoms with Crippen molar-refractivity contribution in [3.05, 3.63) is 71.3 Å². The van der Waals surface area contributed by atoms with Gasteiger partial charge in [0.2, 0.25) is 5.91 Å². The Morgan fingerprint density at radius 3 is 2.38 bits per heavy atom. The van der Waals surface area contributed by atoms with Crippen molar-refractivity contribution >= 4 is 11.8 Å². The fourth-order valence-electron chi connectivity index (χ4n) is 2.59. The second kappa shape index (κ2) is 9.65. The number of benzene rings is 2. The molecule has 0 fully saturated rings. The number of hydrogen-bond donors (Lipinski definition) is 1. The third kappa shape index (κ3) is 5.95. The summed E-state index contributed by atoms with van der Waals surface area (Å²) in [5.41, 5.74) is 1.25. The van der Waals surface area contributed by atoms with Crippen molar-refractivity contribution in [2.75, 3.05) is 19.6 Å². The van der Waals surface area contributed by atoms with E-state index >= 15 is 0 Å². The van der Waals surface area contributed by atoms with E-state index in [4.69, 9.17) is 0 Å². The lowest BCUT2D eigenvalue weighted by molar-refractivity contribution is -0.128. The van der Waals surface area contributed by atoms with E-state index in [2.05, 4.69) is 5.32 Å². The molecule has 4 nitrogen and oxygen atoms in total. The number of hydrogen-bond acceptors (Lipinski definition) is 2. The summed E-state index contributed by atoms with van der Waals surface area (Å²) in [7, 11) is 0. The van der Waals surface area contributed by atoms with Gasteiger partial charge < -0.3 is 10.2 Å². The molecular weight excluding hydrogens is 338 g/mol. The SMILES string of the molecule is CC(=O)N(CCCc1ccccc1)CCNC(=O)c1ccc(F)c(F)c1. The maximum Gasteiger partial charge on any atom is 0.251 e. The fraction of sp³-hybridized carbons (Fsp3) is 0.300. The highest BCUT2D eigenvalue weighted by Gasteiger charge is 2.12. The van der Waals surface area contributed by atoms with Gasteiger partial charge in [0.25, 0.3) is 5.91 Å². The molecule has 2 amide bonds. The molecule has 2 aromatic rings. The van der Waals surface area contributed by atoms with Crippen molar-refractivity contribution in [3.63, 3.8) is 0 Å². The van der Waals surface area contributed by atoms with Crippen LogP contribution in [-0.2, 0) is 11.2 Å². The Morgan fingerprint density at radius 2 is 1.73 bits per heavy atom. The third-order valence-corrected chi connectivity index (χ3v) is 4.03. The Kier molecular flexibility index (Phi) is 7.26. The van der Waals surface area contributed by atoms with Crippen LogP contribution in [0.4, 0.5) is 8.78 Å². The van der Waals surface area contributed by atoms with Gasteiger partial charge in [-0.3, -0.25) is 9.59 Å². The summed E-state index contributed by atoms with van der Waals surface area (Å²) in [6, 6.07) is 13.0. The van der Waals surface area contributed by atoms with Crippen LogP contribution >= 0.6 is 0 Å². The zero-order valence-electron chi connectivity index (χ0n) is 14.7. The molecule has 0 aromatic heterocycles. The number of rotatable bonds is 8. The topological polar surface area (TPSA) is 49.4 Å². The number of carbonyl (C=O) groups is 2. The molecule has 0 saturated heterocycles. The van der Waals surface area contributed by atoms with Gasteiger partial charge in [-0.1, -0.05) is 30.3 Å². The number of amides is 2. The number of nitrogens with one attached hydrogen (secondary N) is 1. The summed E-state index contributed by atoms with van der Waals surface area (Å²) in [5, 5.41) is 2.62. The number of halogens is 2. The first-order valence-corrected chi connectivity index (χ1v) is 8.50. The number of aryl methyl sites for hydroxylation is 1. The summed E-state index contributed by atoms with van der Waals surface area (Å²) in [6.07, 6.45) is 1.69. The van der Waals surface area contributed by atoms with Crippen LogP contribution in [0, 0.1) is 11.6 Å². The Hall–Kier alpha value is -2.76. The quantitative estimate of drug-likeness (QED) is 0.786. The second-order valence-electron chi connectivity index (χ2n) is 5.98. The zero-order chi connectivity index (χ0) is 18.9. The predicted molar refractivity (Wildman–Crippen MR) is 95.7 cm³/mol. The van der Waals surface area contributed by atoms with Crippen LogP contribution in [0.3, 0.4) is 0 Å². The molecule has 0 heterocycles. The molecule has 6 heteroatoms. The Balaban J connectivity index is 1.77. The van der Waals surface area contributed by atoms with E-state index in [0.717, 1.165) is 25.0 Å². The lowest BCUT2D eigenvalue weighted by Gasteiger charge is -2.21. The van der Waals surface area contributed by atoms with Crippen molar-refractivity contribution in [2.24, 2.45) is 0 Å². The zero-order valence-corrected chi connectivity index (χ0v) is 14.7. The van der Waals surface area contributed by atoms with E-state index in [1.54, 1.807) is 4.90 Å². The van der Waals surface area contributed by atoms with Gasteiger partial charge in [0.05, 0.1) is 0 Å². The van der Waals surface area contributed by atoms with Crippen molar-refractivity contribution in [1.82, 2.24) is 10.2 Å². The van der Waals surface area contributed by atoms with E-state index in [0.29, 0.717) is 13.1 Å². The number of nitrogens with zero attached hydrogens (tertiary/aromatic N) is 1. The van der Waals surface area contributed by atoms with Gasteiger partial charge >= 0.3 is 0 Å². The van der Waals surface area contributed by atoms with Crippen LogP contribution in [0.5, 0.6) is 0 Å². The molecule has 138 valence electrons. The highest BCUT2D eigenvalue weighted by Crippen LogP contribution is 2.08. The van der Waals surface area contributed by atoms with Gasteiger partial charge in [-0.05, 0) is 36.6 Å². The molecule has 1 N–H and O–H groups in total. The van der Waals surface area contributed by atoms with Gasteiger partial charge in [0, 0.05) is 32.1 Å². The minimum Gasteiger partial charge on any atom is -0.350 e. The minimum atomic E-state index is -1.07. The lowest BCUT2D eigenvalue weighted by Crippen LogP contribution is -2.38. The number of carbonyl (C=O) groups excluding carboxylic acids is 2. The maximum atomic E-state index is 13.2. The molecule has 2 aromatic carbocycles. The first-order valence-electron chi connectivity index (χ1n) is 8.50. The fourth-order valence-corrected chi connectivity index (χ4v) is 2.59. The summed E-state index contributed by atoms with van der Waals surface area (Å²) in [6.45, 7) is 2.67. The molecule has 2 rings (SSSR count). The average molecular weight is 360 g/mol. The molecule has 0 atom stereocenters. The van der Waals surface area contributed by atoms with Crippen LogP contribution in [0.2, 0.25) is 0 Å². The Bertz CT molecular complexity index is 751. The maximum absolute atomic E-state index is 13.2. The van der Waals surface area contributed by atoms with Crippen molar-refractivity contribution in [3.8, 4) is 0 Å².